The number of anilines is 1. The Kier molecular flexibility index (Phi) is 5.18. The summed E-state index contributed by atoms with van der Waals surface area (Å²) in [6, 6.07) is 11.2. The van der Waals surface area contributed by atoms with Gasteiger partial charge in [0.2, 0.25) is 0 Å². The Balaban J connectivity index is 1.71. The second kappa shape index (κ2) is 7.70. The van der Waals surface area contributed by atoms with E-state index in [4.69, 9.17) is 5.26 Å². The predicted molar refractivity (Wildman–Crippen MR) is 97.6 cm³/mol. The lowest BCUT2D eigenvalue weighted by Gasteiger charge is -2.07. The van der Waals surface area contributed by atoms with Crippen molar-refractivity contribution < 1.29 is 9.18 Å². The Hall–Kier alpha value is -3.66. The fraction of sp³-hybridized carbons (Fsp3) is 0.150. The highest BCUT2D eigenvalue weighted by Gasteiger charge is 2.10. The number of hydrogen-bond acceptors (Lipinski definition) is 5. The number of benzene rings is 1. The first-order valence-electron chi connectivity index (χ1n) is 8.21. The van der Waals surface area contributed by atoms with Crippen LogP contribution in [0.3, 0.4) is 0 Å². The Morgan fingerprint density at radius 2 is 1.96 bits per heavy atom. The minimum absolute atomic E-state index is 0.273. The van der Waals surface area contributed by atoms with Crippen LogP contribution in [-0.2, 0) is 6.42 Å². The molecule has 0 aliphatic carbocycles. The molecule has 2 aromatic heterocycles. The van der Waals surface area contributed by atoms with Crippen molar-refractivity contribution in [2.75, 3.05) is 5.32 Å². The lowest BCUT2D eigenvalue weighted by molar-refractivity contribution is 0.102. The lowest BCUT2D eigenvalue weighted by Crippen LogP contribution is -2.16. The van der Waals surface area contributed by atoms with E-state index in [1.54, 1.807) is 44.3 Å². The molecule has 0 aliphatic rings. The molecule has 0 spiro atoms. The van der Waals surface area contributed by atoms with E-state index in [1.165, 1.54) is 12.1 Å². The number of aryl methyl sites for hydroxylation is 2. The molecule has 0 saturated heterocycles. The van der Waals surface area contributed by atoms with E-state index in [0.717, 1.165) is 5.56 Å². The molecule has 0 radical (unpaired) electrons. The smallest absolute Gasteiger partial charge is 0.275 e. The summed E-state index contributed by atoms with van der Waals surface area (Å²) in [7, 11) is 0. The predicted octanol–water partition coefficient (Wildman–Crippen LogP) is 3.34. The van der Waals surface area contributed by atoms with Crippen molar-refractivity contribution in [3.63, 3.8) is 0 Å². The molecule has 27 heavy (non-hydrogen) atoms. The zero-order valence-electron chi connectivity index (χ0n) is 14.8. The van der Waals surface area contributed by atoms with Gasteiger partial charge in [0.1, 0.15) is 23.2 Å². The molecule has 0 bridgehead atoms. The molecule has 7 heteroatoms. The minimum Gasteiger partial charge on any atom is -0.305 e. The Bertz CT molecular complexity index is 1020. The maximum atomic E-state index is 13.5. The highest BCUT2D eigenvalue weighted by Crippen LogP contribution is 2.15. The van der Waals surface area contributed by atoms with Gasteiger partial charge in [-0.15, -0.1) is 0 Å². The highest BCUT2D eigenvalue weighted by atomic mass is 19.1. The van der Waals surface area contributed by atoms with Gasteiger partial charge in [0.25, 0.3) is 5.91 Å². The first-order valence-corrected chi connectivity index (χ1v) is 8.21. The maximum Gasteiger partial charge on any atom is 0.275 e. The van der Waals surface area contributed by atoms with E-state index in [1.807, 2.05) is 6.07 Å². The summed E-state index contributed by atoms with van der Waals surface area (Å²) < 4.78 is 13.5. The number of carbonyl (C=O) groups excluding carboxylic acids is 1. The van der Waals surface area contributed by atoms with Crippen molar-refractivity contribution in [2.24, 2.45) is 0 Å². The summed E-state index contributed by atoms with van der Waals surface area (Å²) in [4.78, 5) is 24.8. The largest absolute Gasteiger partial charge is 0.305 e. The van der Waals surface area contributed by atoms with Crippen LogP contribution in [0, 0.1) is 31.0 Å². The molecular weight excluding hydrogens is 345 g/mol. The van der Waals surface area contributed by atoms with Crippen molar-refractivity contribution in [3.05, 3.63) is 82.3 Å². The number of rotatable bonds is 4. The topological polar surface area (TPSA) is 91.6 Å². The van der Waals surface area contributed by atoms with E-state index in [2.05, 4.69) is 20.3 Å². The molecule has 1 amide bonds. The van der Waals surface area contributed by atoms with E-state index in [0.29, 0.717) is 29.3 Å². The fourth-order valence-corrected chi connectivity index (χ4v) is 2.67. The van der Waals surface area contributed by atoms with Gasteiger partial charge in [-0.2, -0.15) is 5.26 Å². The number of carbonyl (C=O) groups is 1. The van der Waals surface area contributed by atoms with Crippen molar-refractivity contribution >= 4 is 11.7 Å². The fourth-order valence-electron chi connectivity index (χ4n) is 2.67. The number of amides is 1. The molecule has 0 atom stereocenters. The van der Waals surface area contributed by atoms with Crippen LogP contribution in [0.2, 0.25) is 0 Å². The van der Waals surface area contributed by atoms with E-state index in [9.17, 15) is 9.18 Å². The number of aromatic nitrogens is 3. The molecular formula is C20H16FN5O. The third kappa shape index (κ3) is 4.70. The van der Waals surface area contributed by atoms with Gasteiger partial charge >= 0.3 is 0 Å². The van der Waals surface area contributed by atoms with Gasteiger partial charge in [0, 0.05) is 11.9 Å². The molecule has 3 rings (SSSR count). The van der Waals surface area contributed by atoms with Gasteiger partial charge in [0.05, 0.1) is 11.6 Å². The van der Waals surface area contributed by atoms with E-state index < -0.39 is 5.82 Å². The zero-order chi connectivity index (χ0) is 19.4. The highest BCUT2D eigenvalue weighted by molar-refractivity contribution is 6.02. The third-order valence-corrected chi connectivity index (χ3v) is 3.76. The molecule has 1 N–H and O–H groups in total. The van der Waals surface area contributed by atoms with Crippen LogP contribution in [-0.4, -0.2) is 20.9 Å². The van der Waals surface area contributed by atoms with E-state index >= 15 is 0 Å². The average molecular weight is 361 g/mol. The molecule has 1 aromatic carbocycles. The summed E-state index contributed by atoms with van der Waals surface area (Å²) in [5, 5.41) is 11.6. The monoisotopic (exact) mass is 361 g/mol. The summed E-state index contributed by atoms with van der Waals surface area (Å²) in [6.07, 6.45) is 2.03. The Morgan fingerprint density at radius 1 is 1.15 bits per heavy atom. The molecule has 0 aliphatic heterocycles. The molecule has 134 valence electrons. The van der Waals surface area contributed by atoms with Gasteiger partial charge in [-0.05, 0) is 61.7 Å². The maximum absolute atomic E-state index is 13.5. The first-order chi connectivity index (χ1) is 12.9. The molecule has 2 heterocycles. The zero-order valence-corrected chi connectivity index (χ0v) is 14.8. The van der Waals surface area contributed by atoms with Crippen molar-refractivity contribution in [3.8, 4) is 6.07 Å². The minimum atomic E-state index is -0.448. The standard InChI is InChI=1S/C20H16FN5O/c1-12-5-18(25-13(2)24-12)20(27)26-19-4-3-14(11-23-19)6-15-7-16(10-22)9-17(21)8-15/h3-5,7-9,11H,6H2,1-2H3,(H,23,26,27). The molecule has 0 fully saturated rings. The lowest BCUT2D eigenvalue weighted by atomic mass is 10.0. The summed E-state index contributed by atoms with van der Waals surface area (Å²) >= 11 is 0. The quantitative estimate of drug-likeness (QED) is 0.769. The Labute approximate surface area is 155 Å². The van der Waals surface area contributed by atoms with E-state index in [-0.39, 0.29) is 17.2 Å². The second-order valence-corrected chi connectivity index (χ2v) is 6.08. The molecule has 3 aromatic rings. The normalized spacial score (nSPS) is 10.3. The number of nitrogens with one attached hydrogen (secondary N) is 1. The van der Waals surface area contributed by atoms with Gasteiger partial charge < -0.3 is 5.32 Å². The van der Waals surface area contributed by atoms with Gasteiger partial charge in [-0.1, -0.05) is 6.07 Å². The number of nitriles is 1. The van der Waals surface area contributed by atoms with Crippen molar-refractivity contribution in [2.45, 2.75) is 20.3 Å². The first kappa shape index (κ1) is 18.1. The van der Waals surface area contributed by atoms with Crippen LogP contribution in [0.15, 0.2) is 42.6 Å². The van der Waals surface area contributed by atoms with Crippen molar-refractivity contribution in [1.82, 2.24) is 15.0 Å². The number of hydrogen-bond donors (Lipinski definition) is 1. The molecule has 0 unspecified atom stereocenters. The Morgan fingerprint density at radius 3 is 2.63 bits per heavy atom. The summed E-state index contributed by atoms with van der Waals surface area (Å²) in [6.45, 7) is 3.52. The van der Waals surface area contributed by atoms with Gasteiger partial charge in [0.15, 0.2) is 0 Å². The molecule has 6 nitrogen and oxygen atoms in total. The van der Waals surface area contributed by atoms with Crippen LogP contribution < -0.4 is 5.32 Å². The van der Waals surface area contributed by atoms with Crippen LogP contribution in [0.4, 0.5) is 10.2 Å². The van der Waals surface area contributed by atoms with Gasteiger partial charge in [-0.3, -0.25) is 4.79 Å². The number of nitrogens with zero attached hydrogens (tertiary/aromatic N) is 4. The van der Waals surface area contributed by atoms with Crippen LogP contribution in [0.1, 0.15) is 38.7 Å². The summed E-state index contributed by atoms with van der Waals surface area (Å²) in [5.74, 6) is 0.0916. The number of halogens is 1. The van der Waals surface area contributed by atoms with Crippen LogP contribution in [0.5, 0.6) is 0 Å². The third-order valence-electron chi connectivity index (χ3n) is 3.76. The van der Waals surface area contributed by atoms with Crippen LogP contribution in [0.25, 0.3) is 0 Å². The van der Waals surface area contributed by atoms with Gasteiger partial charge in [-0.25, -0.2) is 19.3 Å². The molecule has 0 saturated carbocycles. The average Bonchev–Trinajstić information content (AvgIpc) is 2.62. The second-order valence-electron chi connectivity index (χ2n) is 6.08. The summed E-state index contributed by atoms with van der Waals surface area (Å²) in [5.41, 5.74) is 2.77. The van der Waals surface area contributed by atoms with Crippen molar-refractivity contribution in [1.29, 1.82) is 5.26 Å². The SMILES string of the molecule is Cc1cc(C(=O)Nc2ccc(Cc3cc(F)cc(C#N)c3)cn2)nc(C)n1. The number of pyridine rings is 1. The van der Waals surface area contributed by atoms with Crippen LogP contribution >= 0.6 is 0 Å².